The van der Waals surface area contributed by atoms with Crippen LogP contribution in [0, 0.1) is 0 Å². The first-order valence-corrected chi connectivity index (χ1v) is 6.12. The normalized spacial score (nSPS) is 29.2. The molecule has 0 amide bonds. The van der Waals surface area contributed by atoms with Crippen LogP contribution in [0.1, 0.15) is 48.6 Å². The van der Waals surface area contributed by atoms with Crippen LogP contribution >= 0.6 is 0 Å². The van der Waals surface area contributed by atoms with Crippen molar-refractivity contribution < 1.29 is 5.11 Å². The third kappa shape index (κ3) is 1.33. The average molecular weight is 221 g/mol. The Morgan fingerprint density at radius 2 is 2.31 bits per heavy atom. The van der Waals surface area contributed by atoms with Gasteiger partial charge in [-0.3, -0.25) is 4.68 Å². The number of aromatic nitrogens is 2. The highest BCUT2D eigenvalue weighted by Gasteiger charge is 2.41. The molecule has 1 saturated carbocycles. The Labute approximate surface area is 95.4 Å². The molecule has 3 N–H and O–H groups in total. The van der Waals surface area contributed by atoms with Gasteiger partial charge in [0.15, 0.2) is 0 Å². The maximum absolute atomic E-state index is 9.57. The SMILES string of the molecule is Cn1nc2c(c1C1CC1)C(N)(CO)CCC2. The fourth-order valence-corrected chi connectivity index (χ4v) is 2.99. The van der Waals surface area contributed by atoms with E-state index in [1.807, 2.05) is 11.7 Å². The first kappa shape index (κ1) is 10.3. The number of nitrogens with two attached hydrogens (primary N) is 1. The number of nitrogens with zero attached hydrogens (tertiary/aromatic N) is 2. The molecule has 1 unspecified atom stereocenters. The van der Waals surface area contributed by atoms with E-state index in [1.165, 1.54) is 18.5 Å². The number of aliphatic hydroxyl groups is 1. The van der Waals surface area contributed by atoms with Gasteiger partial charge in [-0.25, -0.2) is 0 Å². The average Bonchev–Trinajstić information content (AvgIpc) is 3.02. The van der Waals surface area contributed by atoms with Crippen molar-refractivity contribution in [1.82, 2.24) is 9.78 Å². The fraction of sp³-hybridized carbons (Fsp3) is 0.750. The predicted octanol–water partition coefficient (Wildman–Crippen LogP) is 0.780. The summed E-state index contributed by atoms with van der Waals surface area (Å²) in [6.45, 7) is 0.0331. The zero-order valence-electron chi connectivity index (χ0n) is 9.74. The van der Waals surface area contributed by atoms with Crippen LogP contribution in [0.15, 0.2) is 0 Å². The number of hydrogen-bond acceptors (Lipinski definition) is 3. The quantitative estimate of drug-likeness (QED) is 0.775. The third-order valence-electron chi connectivity index (χ3n) is 3.94. The highest BCUT2D eigenvalue weighted by atomic mass is 16.3. The second-order valence-corrected chi connectivity index (χ2v) is 5.27. The summed E-state index contributed by atoms with van der Waals surface area (Å²) in [6, 6.07) is 0. The summed E-state index contributed by atoms with van der Waals surface area (Å²) in [5.41, 5.74) is 9.36. The number of hydrogen-bond donors (Lipinski definition) is 2. The molecule has 0 saturated heterocycles. The Morgan fingerprint density at radius 3 is 2.94 bits per heavy atom. The summed E-state index contributed by atoms with van der Waals surface area (Å²) in [5, 5.41) is 14.2. The van der Waals surface area contributed by atoms with Crippen molar-refractivity contribution in [3.8, 4) is 0 Å². The zero-order valence-corrected chi connectivity index (χ0v) is 9.74. The van der Waals surface area contributed by atoms with Crippen LogP contribution in [0.25, 0.3) is 0 Å². The van der Waals surface area contributed by atoms with Crippen molar-refractivity contribution in [2.24, 2.45) is 12.8 Å². The Balaban J connectivity index is 2.16. The minimum Gasteiger partial charge on any atom is -0.394 e. The lowest BCUT2D eigenvalue weighted by atomic mass is 9.79. The molecule has 1 fully saturated rings. The second-order valence-electron chi connectivity index (χ2n) is 5.27. The molecule has 0 spiro atoms. The van der Waals surface area contributed by atoms with Gasteiger partial charge >= 0.3 is 0 Å². The summed E-state index contributed by atoms with van der Waals surface area (Å²) in [6.07, 6.45) is 5.41. The van der Waals surface area contributed by atoms with Crippen molar-refractivity contribution in [3.63, 3.8) is 0 Å². The molecular weight excluding hydrogens is 202 g/mol. The predicted molar refractivity (Wildman–Crippen MR) is 61.1 cm³/mol. The van der Waals surface area contributed by atoms with Gasteiger partial charge in [-0.2, -0.15) is 5.10 Å². The van der Waals surface area contributed by atoms with Crippen molar-refractivity contribution in [2.75, 3.05) is 6.61 Å². The van der Waals surface area contributed by atoms with Crippen LogP contribution in [0.5, 0.6) is 0 Å². The molecule has 2 aliphatic carbocycles. The second kappa shape index (κ2) is 3.31. The van der Waals surface area contributed by atoms with E-state index in [-0.39, 0.29) is 6.61 Å². The monoisotopic (exact) mass is 221 g/mol. The molecule has 3 rings (SSSR count). The Hall–Kier alpha value is -0.870. The molecule has 4 nitrogen and oxygen atoms in total. The van der Waals surface area contributed by atoms with Crippen molar-refractivity contribution >= 4 is 0 Å². The Bertz CT molecular complexity index is 422. The summed E-state index contributed by atoms with van der Waals surface area (Å²) in [7, 11) is 2.00. The Morgan fingerprint density at radius 1 is 1.56 bits per heavy atom. The van der Waals surface area contributed by atoms with E-state index in [0.717, 1.165) is 30.5 Å². The van der Waals surface area contributed by atoms with Crippen LogP contribution < -0.4 is 5.73 Å². The topological polar surface area (TPSA) is 64.1 Å². The van der Waals surface area contributed by atoms with Gasteiger partial charge in [-0.15, -0.1) is 0 Å². The number of aliphatic hydroxyl groups excluding tert-OH is 1. The lowest BCUT2D eigenvalue weighted by Gasteiger charge is -2.32. The van der Waals surface area contributed by atoms with Crippen LogP contribution in [0.4, 0.5) is 0 Å². The standard InChI is InChI=1S/C12H19N3O/c1-15-11(8-4-5-8)10-9(14-15)3-2-6-12(10,13)7-16/h8,16H,2-7,13H2,1H3. The fourth-order valence-electron chi connectivity index (χ4n) is 2.99. The number of aryl methyl sites for hydroxylation is 2. The minimum atomic E-state index is -0.542. The van der Waals surface area contributed by atoms with Gasteiger partial charge in [0.25, 0.3) is 0 Å². The smallest absolute Gasteiger partial charge is 0.0680 e. The van der Waals surface area contributed by atoms with E-state index in [2.05, 4.69) is 5.10 Å². The molecule has 4 heteroatoms. The van der Waals surface area contributed by atoms with Crippen LogP contribution in [0.3, 0.4) is 0 Å². The molecule has 0 aliphatic heterocycles. The van der Waals surface area contributed by atoms with Crippen LogP contribution in [0.2, 0.25) is 0 Å². The van der Waals surface area contributed by atoms with Gasteiger partial charge in [-0.1, -0.05) is 0 Å². The molecular formula is C12H19N3O. The van der Waals surface area contributed by atoms with Crippen molar-refractivity contribution in [1.29, 1.82) is 0 Å². The lowest BCUT2D eigenvalue weighted by Crippen LogP contribution is -2.43. The van der Waals surface area contributed by atoms with E-state index < -0.39 is 5.54 Å². The van der Waals surface area contributed by atoms with Gasteiger partial charge in [0.2, 0.25) is 0 Å². The third-order valence-corrected chi connectivity index (χ3v) is 3.94. The first-order valence-electron chi connectivity index (χ1n) is 6.12. The van der Waals surface area contributed by atoms with Crippen LogP contribution in [-0.2, 0) is 19.0 Å². The highest BCUT2D eigenvalue weighted by Crippen LogP contribution is 2.46. The van der Waals surface area contributed by atoms with E-state index in [4.69, 9.17) is 5.73 Å². The number of rotatable bonds is 2. The molecule has 1 atom stereocenters. The largest absolute Gasteiger partial charge is 0.394 e. The molecule has 0 radical (unpaired) electrons. The molecule has 1 aromatic heterocycles. The van der Waals surface area contributed by atoms with Crippen LogP contribution in [-0.4, -0.2) is 21.5 Å². The Kier molecular flexibility index (Phi) is 2.13. The van der Waals surface area contributed by atoms with E-state index in [9.17, 15) is 5.11 Å². The maximum atomic E-state index is 9.57. The molecule has 16 heavy (non-hydrogen) atoms. The number of fused-ring (bicyclic) bond motifs is 1. The van der Waals surface area contributed by atoms with Gasteiger partial charge in [0, 0.05) is 24.2 Å². The van der Waals surface area contributed by atoms with Gasteiger partial charge in [-0.05, 0) is 32.1 Å². The molecule has 1 heterocycles. The zero-order chi connectivity index (χ0) is 11.3. The molecule has 88 valence electrons. The summed E-state index contributed by atoms with van der Waals surface area (Å²) >= 11 is 0. The molecule has 2 aliphatic rings. The van der Waals surface area contributed by atoms with Crippen molar-refractivity contribution in [3.05, 3.63) is 17.0 Å². The molecule has 0 aromatic carbocycles. The van der Waals surface area contributed by atoms with Crippen molar-refractivity contribution in [2.45, 2.75) is 43.6 Å². The minimum absolute atomic E-state index is 0.0331. The first-order chi connectivity index (χ1) is 7.65. The summed E-state index contributed by atoms with van der Waals surface area (Å²) in [5.74, 6) is 0.633. The van der Waals surface area contributed by atoms with Gasteiger partial charge < -0.3 is 10.8 Å². The highest BCUT2D eigenvalue weighted by molar-refractivity contribution is 5.39. The van der Waals surface area contributed by atoms with E-state index in [1.54, 1.807) is 0 Å². The molecule has 1 aromatic rings. The summed E-state index contributed by atoms with van der Waals surface area (Å²) in [4.78, 5) is 0. The molecule has 0 bridgehead atoms. The van der Waals surface area contributed by atoms with E-state index >= 15 is 0 Å². The maximum Gasteiger partial charge on any atom is 0.0680 e. The van der Waals surface area contributed by atoms with Gasteiger partial charge in [0.05, 0.1) is 17.8 Å². The lowest BCUT2D eigenvalue weighted by molar-refractivity contribution is 0.178. The van der Waals surface area contributed by atoms with Gasteiger partial charge in [0.1, 0.15) is 0 Å². The van der Waals surface area contributed by atoms with E-state index in [0.29, 0.717) is 5.92 Å². The summed E-state index contributed by atoms with van der Waals surface area (Å²) < 4.78 is 1.99.